The standard InChI is InChI=1S/C15H21NO2/c1-4-8-18-14-7-6-13(10-15(14)17-3)9-12(5-2)11-16/h4,6-7,9-10H,1,5,8,11,16H2,2-3H3. The van der Waals surface area contributed by atoms with Gasteiger partial charge in [0, 0.05) is 6.54 Å². The number of benzene rings is 1. The summed E-state index contributed by atoms with van der Waals surface area (Å²) < 4.78 is 10.8. The second-order valence-corrected chi connectivity index (χ2v) is 3.87. The van der Waals surface area contributed by atoms with Crippen LogP contribution in [0.25, 0.3) is 6.08 Å². The van der Waals surface area contributed by atoms with Gasteiger partial charge < -0.3 is 15.2 Å². The third kappa shape index (κ3) is 3.93. The van der Waals surface area contributed by atoms with Crippen molar-refractivity contribution >= 4 is 6.08 Å². The molecular weight excluding hydrogens is 226 g/mol. The molecular formula is C15H21NO2. The zero-order chi connectivity index (χ0) is 13.4. The number of methoxy groups -OCH3 is 1. The summed E-state index contributed by atoms with van der Waals surface area (Å²) in [7, 11) is 1.63. The average Bonchev–Trinajstić information content (AvgIpc) is 2.42. The van der Waals surface area contributed by atoms with Crippen LogP contribution in [0, 0.1) is 0 Å². The zero-order valence-electron chi connectivity index (χ0n) is 11.1. The van der Waals surface area contributed by atoms with Gasteiger partial charge in [0.2, 0.25) is 0 Å². The fraction of sp³-hybridized carbons (Fsp3) is 0.333. The van der Waals surface area contributed by atoms with Crippen LogP contribution in [-0.2, 0) is 0 Å². The first-order chi connectivity index (χ1) is 8.74. The van der Waals surface area contributed by atoms with E-state index in [1.54, 1.807) is 13.2 Å². The zero-order valence-corrected chi connectivity index (χ0v) is 11.1. The van der Waals surface area contributed by atoms with E-state index in [4.69, 9.17) is 15.2 Å². The summed E-state index contributed by atoms with van der Waals surface area (Å²) in [6, 6.07) is 5.84. The van der Waals surface area contributed by atoms with Crippen molar-refractivity contribution in [1.29, 1.82) is 0 Å². The van der Waals surface area contributed by atoms with Crippen molar-refractivity contribution in [1.82, 2.24) is 0 Å². The van der Waals surface area contributed by atoms with Gasteiger partial charge in [-0.2, -0.15) is 0 Å². The van der Waals surface area contributed by atoms with Gasteiger partial charge in [0.25, 0.3) is 0 Å². The Kier molecular flexibility index (Phi) is 6.01. The molecule has 98 valence electrons. The molecule has 1 aromatic carbocycles. The molecule has 3 nitrogen and oxygen atoms in total. The van der Waals surface area contributed by atoms with E-state index in [2.05, 4.69) is 19.6 Å². The molecule has 0 aliphatic carbocycles. The molecule has 2 N–H and O–H groups in total. The lowest BCUT2D eigenvalue weighted by Crippen LogP contribution is -2.02. The summed E-state index contributed by atoms with van der Waals surface area (Å²) in [6.07, 6.45) is 4.74. The van der Waals surface area contributed by atoms with Crippen LogP contribution in [0.1, 0.15) is 18.9 Å². The van der Waals surface area contributed by atoms with Crippen LogP contribution in [0.5, 0.6) is 11.5 Å². The summed E-state index contributed by atoms with van der Waals surface area (Å²) in [4.78, 5) is 0. The van der Waals surface area contributed by atoms with E-state index in [1.165, 1.54) is 5.57 Å². The molecule has 0 radical (unpaired) electrons. The van der Waals surface area contributed by atoms with Gasteiger partial charge >= 0.3 is 0 Å². The molecule has 0 atom stereocenters. The van der Waals surface area contributed by atoms with Crippen LogP contribution in [0.15, 0.2) is 36.4 Å². The van der Waals surface area contributed by atoms with Crippen molar-refractivity contribution in [2.75, 3.05) is 20.3 Å². The molecule has 0 bridgehead atoms. The van der Waals surface area contributed by atoms with Gasteiger partial charge in [-0.3, -0.25) is 0 Å². The molecule has 0 saturated carbocycles. The average molecular weight is 247 g/mol. The Morgan fingerprint density at radius 3 is 2.72 bits per heavy atom. The van der Waals surface area contributed by atoms with E-state index in [0.29, 0.717) is 13.2 Å². The van der Waals surface area contributed by atoms with Crippen LogP contribution < -0.4 is 15.2 Å². The van der Waals surface area contributed by atoms with Crippen LogP contribution in [0.2, 0.25) is 0 Å². The maximum atomic E-state index is 5.66. The highest BCUT2D eigenvalue weighted by atomic mass is 16.5. The molecule has 0 aromatic heterocycles. The van der Waals surface area contributed by atoms with E-state index in [0.717, 1.165) is 23.5 Å². The molecule has 0 aliphatic rings. The maximum Gasteiger partial charge on any atom is 0.161 e. The summed E-state index contributed by atoms with van der Waals surface area (Å²) in [5, 5.41) is 0. The van der Waals surface area contributed by atoms with Gasteiger partial charge in [0.05, 0.1) is 7.11 Å². The van der Waals surface area contributed by atoms with Gasteiger partial charge in [-0.1, -0.05) is 37.3 Å². The number of hydrogen-bond acceptors (Lipinski definition) is 3. The minimum Gasteiger partial charge on any atom is -0.493 e. The lowest BCUT2D eigenvalue weighted by atomic mass is 10.1. The molecule has 0 heterocycles. The SMILES string of the molecule is C=CCOc1ccc(C=C(CC)CN)cc1OC. The van der Waals surface area contributed by atoms with E-state index >= 15 is 0 Å². The number of nitrogens with two attached hydrogens (primary N) is 1. The van der Waals surface area contributed by atoms with Gasteiger partial charge in [0.1, 0.15) is 6.61 Å². The third-order valence-electron chi connectivity index (χ3n) is 2.63. The van der Waals surface area contributed by atoms with Crippen LogP contribution >= 0.6 is 0 Å². The van der Waals surface area contributed by atoms with Crippen LogP contribution in [-0.4, -0.2) is 20.3 Å². The molecule has 0 fully saturated rings. The predicted molar refractivity (Wildman–Crippen MR) is 76.0 cm³/mol. The van der Waals surface area contributed by atoms with Gasteiger partial charge in [-0.05, 0) is 24.1 Å². The van der Waals surface area contributed by atoms with E-state index in [-0.39, 0.29) is 0 Å². The van der Waals surface area contributed by atoms with Crippen LogP contribution in [0.3, 0.4) is 0 Å². The molecule has 0 saturated heterocycles. The van der Waals surface area contributed by atoms with Crippen molar-refractivity contribution in [2.45, 2.75) is 13.3 Å². The quantitative estimate of drug-likeness (QED) is 0.753. The fourth-order valence-electron chi connectivity index (χ4n) is 1.58. The molecule has 0 aliphatic heterocycles. The fourth-order valence-corrected chi connectivity index (χ4v) is 1.58. The molecule has 1 aromatic rings. The molecule has 3 heteroatoms. The van der Waals surface area contributed by atoms with Gasteiger partial charge in [0.15, 0.2) is 11.5 Å². The van der Waals surface area contributed by atoms with Crippen molar-refractivity contribution in [2.24, 2.45) is 5.73 Å². The van der Waals surface area contributed by atoms with Gasteiger partial charge in [-0.15, -0.1) is 0 Å². The molecule has 1 rings (SSSR count). The normalized spacial score (nSPS) is 11.2. The number of ether oxygens (including phenoxy) is 2. The Morgan fingerprint density at radius 1 is 1.39 bits per heavy atom. The first-order valence-electron chi connectivity index (χ1n) is 6.06. The molecule has 18 heavy (non-hydrogen) atoms. The van der Waals surface area contributed by atoms with Gasteiger partial charge in [-0.25, -0.2) is 0 Å². The van der Waals surface area contributed by atoms with E-state index in [9.17, 15) is 0 Å². The second-order valence-electron chi connectivity index (χ2n) is 3.87. The minimum absolute atomic E-state index is 0.467. The largest absolute Gasteiger partial charge is 0.493 e. The highest BCUT2D eigenvalue weighted by Crippen LogP contribution is 2.29. The Balaban J connectivity index is 2.97. The lowest BCUT2D eigenvalue weighted by molar-refractivity contribution is 0.326. The van der Waals surface area contributed by atoms with Crippen molar-refractivity contribution < 1.29 is 9.47 Å². The first-order valence-corrected chi connectivity index (χ1v) is 6.06. The highest BCUT2D eigenvalue weighted by Gasteiger charge is 2.04. The molecule has 0 unspecified atom stereocenters. The highest BCUT2D eigenvalue weighted by molar-refractivity contribution is 5.58. The van der Waals surface area contributed by atoms with E-state index < -0.39 is 0 Å². The van der Waals surface area contributed by atoms with Crippen molar-refractivity contribution in [3.05, 3.63) is 42.0 Å². The number of hydrogen-bond donors (Lipinski definition) is 1. The Labute approximate surface area is 109 Å². The summed E-state index contributed by atoms with van der Waals surface area (Å²) in [6.45, 7) is 6.76. The Hall–Kier alpha value is -1.74. The summed E-state index contributed by atoms with van der Waals surface area (Å²) in [5.74, 6) is 1.44. The topological polar surface area (TPSA) is 44.5 Å². The second kappa shape index (κ2) is 7.56. The summed E-state index contributed by atoms with van der Waals surface area (Å²) >= 11 is 0. The molecule has 0 amide bonds. The minimum atomic E-state index is 0.467. The summed E-state index contributed by atoms with van der Waals surface area (Å²) in [5.41, 5.74) is 7.94. The maximum absolute atomic E-state index is 5.66. The van der Waals surface area contributed by atoms with E-state index in [1.807, 2.05) is 18.2 Å². The lowest BCUT2D eigenvalue weighted by Gasteiger charge is -2.10. The Morgan fingerprint density at radius 2 is 2.17 bits per heavy atom. The number of rotatable bonds is 7. The van der Waals surface area contributed by atoms with Crippen LogP contribution in [0.4, 0.5) is 0 Å². The van der Waals surface area contributed by atoms with Crippen molar-refractivity contribution in [3.63, 3.8) is 0 Å². The first kappa shape index (κ1) is 14.3. The Bertz CT molecular complexity index is 419. The smallest absolute Gasteiger partial charge is 0.161 e. The van der Waals surface area contributed by atoms with Crippen molar-refractivity contribution in [3.8, 4) is 11.5 Å². The predicted octanol–water partition coefficient (Wildman–Crippen LogP) is 3.01. The third-order valence-corrected chi connectivity index (χ3v) is 2.63. The monoisotopic (exact) mass is 247 g/mol. The molecule has 0 spiro atoms.